The smallest absolute Gasteiger partial charge is 0.267 e. The quantitative estimate of drug-likeness (QED) is 0.635. The van der Waals surface area contributed by atoms with Gasteiger partial charge in [0.15, 0.2) is 0 Å². The molecule has 0 atom stereocenters. The van der Waals surface area contributed by atoms with Crippen LogP contribution in [-0.2, 0) is 0 Å². The van der Waals surface area contributed by atoms with Crippen molar-refractivity contribution in [2.24, 2.45) is 0 Å². The Balaban J connectivity index is 2.16. The average molecular weight is 349 g/mol. The van der Waals surface area contributed by atoms with E-state index in [0.717, 1.165) is 14.6 Å². The molecular weight excluding hydrogens is 341 g/mol. The lowest BCUT2D eigenvalue weighted by atomic mass is 10.2. The van der Waals surface area contributed by atoms with E-state index in [0.29, 0.717) is 5.56 Å². The summed E-state index contributed by atoms with van der Waals surface area (Å²) in [7, 11) is 0. The minimum Gasteiger partial charge on any atom is -0.267 e. The van der Waals surface area contributed by atoms with Gasteiger partial charge in [0.2, 0.25) is 0 Å². The van der Waals surface area contributed by atoms with Gasteiger partial charge in [-0.25, -0.2) is 0 Å². The summed E-state index contributed by atoms with van der Waals surface area (Å²) in [4.78, 5) is 12.4. The number of carbonyl (C=O) groups excluding carboxylic acids is 1. The van der Waals surface area contributed by atoms with Crippen molar-refractivity contribution in [1.29, 1.82) is 0 Å². The van der Waals surface area contributed by atoms with E-state index in [-0.39, 0.29) is 5.91 Å². The van der Waals surface area contributed by atoms with E-state index in [2.05, 4.69) is 32.9 Å². The van der Waals surface area contributed by atoms with Crippen LogP contribution in [0.5, 0.6) is 0 Å². The van der Waals surface area contributed by atoms with Crippen LogP contribution in [0.2, 0.25) is 0 Å². The molecule has 88 valence electrons. The van der Waals surface area contributed by atoms with Crippen LogP contribution in [0.1, 0.15) is 10.4 Å². The highest BCUT2D eigenvalue weighted by Crippen LogP contribution is 2.16. The summed E-state index contributed by atoms with van der Waals surface area (Å²) >= 11 is 2.14. The molecule has 5 heteroatoms. The predicted molar refractivity (Wildman–Crippen MR) is 76.4 cm³/mol. The third-order valence-electron chi connectivity index (χ3n) is 2.65. The molecule has 0 radical (unpaired) electrons. The Kier molecular flexibility index (Phi) is 2.83. The predicted octanol–water partition coefficient (Wildman–Crippen LogP) is 2.72. The number of aromatic nitrogens is 3. The first-order valence-corrected chi connectivity index (χ1v) is 6.45. The minimum atomic E-state index is -0.159. The number of hydrogen-bond donors (Lipinski definition) is 0. The maximum Gasteiger partial charge on any atom is 0.281 e. The van der Waals surface area contributed by atoms with Crippen LogP contribution in [0.3, 0.4) is 0 Å². The van der Waals surface area contributed by atoms with Gasteiger partial charge in [-0.05, 0) is 46.9 Å². The summed E-state index contributed by atoms with van der Waals surface area (Å²) in [6.45, 7) is 0. The van der Waals surface area contributed by atoms with Crippen LogP contribution < -0.4 is 0 Å². The number of para-hydroxylation sites is 1. The summed E-state index contributed by atoms with van der Waals surface area (Å²) in [6, 6.07) is 14.8. The molecular formula is C13H8IN3O. The van der Waals surface area contributed by atoms with E-state index in [4.69, 9.17) is 0 Å². The normalized spacial score (nSPS) is 10.7. The molecule has 18 heavy (non-hydrogen) atoms. The van der Waals surface area contributed by atoms with Gasteiger partial charge in [0.1, 0.15) is 5.52 Å². The SMILES string of the molecule is O=C(c1ccccc1I)n1nnc2ccccc21. The molecule has 0 fully saturated rings. The number of fused-ring (bicyclic) bond motifs is 1. The summed E-state index contributed by atoms with van der Waals surface area (Å²) in [5.74, 6) is -0.159. The average Bonchev–Trinajstić information content (AvgIpc) is 2.82. The van der Waals surface area contributed by atoms with E-state index in [1.807, 2.05) is 42.5 Å². The summed E-state index contributed by atoms with van der Waals surface area (Å²) in [6.07, 6.45) is 0. The number of rotatable bonds is 1. The maximum absolute atomic E-state index is 12.4. The molecule has 1 aromatic heterocycles. The third-order valence-corrected chi connectivity index (χ3v) is 3.59. The zero-order chi connectivity index (χ0) is 12.5. The molecule has 3 rings (SSSR count). The zero-order valence-electron chi connectivity index (χ0n) is 9.25. The van der Waals surface area contributed by atoms with Gasteiger partial charge >= 0.3 is 0 Å². The lowest BCUT2D eigenvalue weighted by molar-refractivity contribution is 0.0947. The van der Waals surface area contributed by atoms with Gasteiger partial charge in [-0.3, -0.25) is 4.79 Å². The fourth-order valence-electron chi connectivity index (χ4n) is 1.77. The van der Waals surface area contributed by atoms with Gasteiger partial charge in [0.05, 0.1) is 11.1 Å². The molecule has 0 aliphatic heterocycles. The lowest BCUT2D eigenvalue weighted by Gasteiger charge is -2.03. The number of nitrogens with zero attached hydrogens (tertiary/aromatic N) is 3. The second-order valence-corrected chi connectivity index (χ2v) is 4.94. The van der Waals surface area contributed by atoms with E-state index in [9.17, 15) is 4.79 Å². The largest absolute Gasteiger partial charge is 0.281 e. The van der Waals surface area contributed by atoms with Crippen LogP contribution in [0.15, 0.2) is 48.5 Å². The van der Waals surface area contributed by atoms with Crippen molar-refractivity contribution in [1.82, 2.24) is 15.0 Å². The van der Waals surface area contributed by atoms with Gasteiger partial charge < -0.3 is 0 Å². The van der Waals surface area contributed by atoms with Crippen LogP contribution in [-0.4, -0.2) is 20.9 Å². The fraction of sp³-hybridized carbons (Fsp3) is 0. The first-order chi connectivity index (χ1) is 8.77. The van der Waals surface area contributed by atoms with Crippen LogP contribution in [0.25, 0.3) is 11.0 Å². The Hall–Kier alpha value is -1.76. The molecule has 0 amide bonds. The topological polar surface area (TPSA) is 47.8 Å². The Labute approximate surface area is 117 Å². The molecule has 0 saturated heterocycles. The van der Waals surface area contributed by atoms with Gasteiger partial charge in [0, 0.05) is 3.57 Å². The molecule has 4 nitrogen and oxygen atoms in total. The summed E-state index contributed by atoms with van der Waals surface area (Å²) in [5.41, 5.74) is 2.08. The number of hydrogen-bond acceptors (Lipinski definition) is 3. The Morgan fingerprint density at radius 1 is 1.06 bits per heavy atom. The van der Waals surface area contributed by atoms with Crippen molar-refractivity contribution in [2.45, 2.75) is 0 Å². The van der Waals surface area contributed by atoms with Crippen molar-refractivity contribution in [3.05, 3.63) is 57.7 Å². The first-order valence-electron chi connectivity index (χ1n) is 5.37. The molecule has 0 spiro atoms. The van der Waals surface area contributed by atoms with E-state index in [1.165, 1.54) is 4.68 Å². The minimum absolute atomic E-state index is 0.159. The highest BCUT2D eigenvalue weighted by Gasteiger charge is 2.15. The van der Waals surface area contributed by atoms with E-state index in [1.54, 1.807) is 6.07 Å². The van der Waals surface area contributed by atoms with Crippen molar-refractivity contribution in [2.75, 3.05) is 0 Å². The number of carbonyl (C=O) groups is 1. The fourth-order valence-corrected chi connectivity index (χ4v) is 2.39. The molecule has 0 saturated carbocycles. The van der Waals surface area contributed by atoms with Crippen molar-refractivity contribution >= 4 is 39.5 Å². The highest BCUT2D eigenvalue weighted by molar-refractivity contribution is 14.1. The molecule has 1 heterocycles. The van der Waals surface area contributed by atoms with Crippen molar-refractivity contribution < 1.29 is 4.79 Å². The summed E-state index contributed by atoms with van der Waals surface area (Å²) in [5, 5.41) is 7.91. The molecule has 0 aliphatic carbocycles. The summed E-state index contributed by atoms with van der Waals surface area (Å²) < 4.78 is 2.24. The van der Waals surface area contributed by atoms with Gasteiger partial charge in [-0.2, -0.15) is 4.68 Å². The Morgan fingerprint density at radius 3 is 2.61 bits per heavy atom. The Morgan fingerprint density at radius 2 is 1.78 bits per heavy atom. The molecule has 2 aromatic carbocycles. The van der Waals surface area contributed by atoms with Crippen molar-refractivity contribution in [3.8, 4) is 0 Å². The zero-order valence-corrected chi connectivity index (χ0v) is 11.4. The molecule has 0 bridgehead atoms. The maximum atomic E-state index is 12.4. The van der Waals surface area contributed by atoms with Gasteiger partial charge in [0.25, 0.3) is 5.91 Å². The van der Waals surface area contributed by atoms with Crippen molar-refractivity contribution in [3.63, 3.8) is 0 Å². The molecule has 3 aromatic rings. The van der Waals surface area contributed by atoms with Crippen LogP contribution in [0.4, 0.5) is 0 Å². The monoisotopic (exact) mass is 349 g/mol. The van der Waals surface area contributed by atoms with E-state index < -0.39 is 0 Å². The highest BCUT2D eigenvalue weighted by atomic mass is 127. The molecule has 0 N–H and O–H groups in total. The number of benzene rings is 2. The van der Waals surface area contributed by atoms with Gasteiger partial charge in [-0.15, -0.1) is 5.10 Å². The number of halogens is 1. The standard InChI is InChI=1S/C13H8IN3O/c14-10-6-2-1-5-9(10)13(18)17-12-8-4-3-7-11(12)15-16-17/h1-8H. The second kappa shape index (κ2) is 4.49. The third kappa shape index (κ3) is 1.80. The Bertz CT molecular complexity index is 736. The molecule has 0 unspecified atom stereocenters. The first kappa shape index (κ1) is 11.3. The second-order valence-electron chi connectivity index (χ2n) is 3.77. The molecule has 0 aliphatic rings. The lowest BCUT2D eigenvalue weighted by Crippen LogP contribution is -2.14. The van der Waals surface area contributed by atoms with E-state index >= 15 is 0 Å². The van der Waals surface area contributed by atoms with Crippen LogP contribution >= 0.6 is 22.6 Å². The van der Waals surface area contributed by atoms with Gasteiger partial charge in [-0.1, -0.05) is 29.5 Å². The van der Waals surface area contributed by atoms with Crippen LogP contribution in [0, 0.1) is 3.57 Å².